The second-order valence-electron chi connectivity index (χ2n) is 7.05. The number of benzene rings is 2. The van der Waals surface area contributed by atoms with Crippen LogP contribution in [-0.4, -0.2) is 15.9 Å². The molecule has 0 aliphatic rings. The average Bonchev–Trinajstić information content (AvgIpc) is 3.06. The molecule has 4 rings (SSSR count). The van der Waals surface area contributed by atoms with E-state index in [2.05, 4.69) is 15.6 Å². The molecule has 156 valence electrons. The summed E-state index contributed by atoms with van der Waals surface area (Å²) in [4.78, 5) is 28.1. The molecule has 8 nitrogen and oxygen atoms in total. The first-order valence-electron chi connectivity index (χ1n) is 9.40. The number of carbonyl (C=O) groups excluding carboxylic acids is 1. The van der Waals surface area contributed by atoms with Gasteiger partial charge in [-0.05, 0) is 49.2 Å². The molecular formula is C22H19N5O3S. The zero-order valence-electron chi connectivity index (χ0n) is 16.8. The maximum Gasteiger partial charge on any atom is 0.323 e. The lowest BCUT2D eigenvalue weighted by Gasteiger charge is -2.09. The normalized spacial score (nSPS) is 10.8. The Morgan fingerprint density at radius 3 is 2.48 bits per heavy atom. The van der Waals surface area contributed by atoms with Crippen LogP contribution >= 0.6 is 11.3 Å². The first kappa shape index (κ1) is 20.3. The molecule has 9 heteroatoms. The second-order valence-corrected chi connectivity index (χ2v) is 8.27. The van der Waals surface area contributed by atoms with Gasteiger partial charge in [-0.1, -0.05) is 24.3 Å². The molecule has 31 heavy (non-hydrogen) atoms. The Hall–Kier alpha value is -3.98. The van der Waals surface area contributed by atoms with Crippen LogP contribution in [0.5, 0.6) is 0 Å². The van der Waals surface area contributed by atoms with E-state index < -0.39 is 4.92 Å². The fourth-order valence-electron chi connectivity index (χ4n) is 3.44. The predicted octanol–water partition coefficient (Wildman–Crippen LogP) is 5.71. The summed E-state index contributed by atoms with van der Waals surface area (Å²) < 4.78 is 0.504. The van der Waals surface area contributed by atoms with Gasteiger partial charge in [0.25, 0.3) is 0 Å². The summed E-state index contributed by atoms with van der Waals surface area (Å²) in [5, 5.41) is 17.5. The Labute approximate surface area is 181 Å². The number of rotatable bonds is 4. The average molecular weight is 433 g/mol. The number of nitrogens with two attached hydrogens (primary N) is 1. The van der Waals surface area contributed by atoms with E-state index in [9.17, 15) is 14.9 Å². The van der Waals surface area contributed by atoms with Crippen molar-refractivity contribution in [3.8, 4) is 11.1 Å². The van der Waals surface area contributed by atoms with E-state index in [1.807, 2.05) is 50.2 Å². The molecule has 0 spiro atoms. The number of nitrogen functional groups attached to an aromatic ring is 1. The molecule has 0 saturated heterocycles. The summed E-state index contributed by atoms with van der Waals surface area (Å²) in [6.45, 7) is 3.85. The summed E-state index contributed by atoms with van der Waals surface area (Å²) in [6, 6.07) is 14.4. The first-order chi connectivity index (χ1) is 14.8. The zero-order valence-corrected chi connectivity index (χ0v) is 17.6. The maximum absolute atomic E-state index is 12.3. The minimum Gasteiger partial charge on any atom is -0.383 e. The number of hydrogen-bond donors (Lipinski definition) is 3. The van der Waals surface area contributed by atoms with Gasteiger partial charge in [0, 0.05) is 27.2 Å². The van der Waals surface area contributed by atoms with E-state index in [0.29, 0.717) is 21.5 Å². The third-order valence-electron chi connectivity index (χ3n) is 4.80. The Balaban J connectivity index is 1.61. The molecule has 4 N–H and O–H groups in total. The SMILES string of the molecule is Cc1cccc(NC(=O)Nc2ccc(-c3c(C)sc4c([N+](=O)[O-])cnc(N)c34)cc2)c1. The Morgan fingerprint density at radius 2 is 1.81 bits per heavy atom. The topological polar surface area (TPSA) is 123 Å². The molecule has 0 atom stereocenters. The van der Waals surface area contributed by atoms with E-state index in [4.69, 9.17) is 5.73 Å². The van der Waals surface area contributed by atoms with Crippen LogP contribution < -0.4 is 16.4 Å². The van der Waals surface area contributed by atoms with Gasteiger partial charge in [-0.2, -0.15) is 0 Å². The largest absolute Gasteiger partial charge is 0.383 e. The van der Waals surface area contributed by atoms with Gasteiger partial charge in [-0.3, -0.25) is 10.1 Å². The van der Waals surface area contributed by atoms with Crippen molar-refractivity contribution in [2.24, 2.45) is 0 Å². The third-order valence-corrected chi connectivity index (χ3v) is 5.93. The molecule has 0 unspecified atom stereocenters. The van der Waals surface area contributed by atoms with Gasteiger partial charge in [0.1, 0.15) is 16.7 Å². The Morgan fingerprint density at radius 1 is 1.10 bits per heavy atom. The summed E-state index contributed by atoms with van der Waals surface area (Å²) in [7, 11) is 0. The van der Waals surface area contributed by atoms with Crippen LogP contribution in [0.4, 0.5) is 27.7 Å². The Bertz CT molecular complexity index is 1310. The molecule has 2 aromatic carbocycles. The number of nitrogens with zero attached hydrogens (tertiary/aromatic N) is 2. The van der Waals surface area contributed by atoms with Crippen LogP contribution in [0.15, 0.2) is 54.7 Å². The van der Waals surface area contributed by atoms with Crippen molar-refractivity contribution in [1.29, 1.82) is 0 Å². The van der Waals surface area contributed by atoms with Crippen LogP contribution in [0, 0.1) is 24.0 Å². The van der Waals surface area contributed by atoms with Crippen LogP contribution in [0.1, 0.15) is 10.4 Å². The molecule has 2 amide bonds. The highest BCUT2D eigenvalue weighted by Gasteiger charge is 2.22. The molecule has 0 bridgehead atoms. The van der Waals surface area contributed by atoms with Crippen LogP contribution in [0.2, 0.25) is 0 Å². The first-order valence-corrected chi connectivity index (χ1v) is 10.2. The number of thiophene rings is 1. The number of carbonyl (C=O) groups is 1. The molecule has 0 fully saturated rings. The fraction of sp³-hybridized carbons (Fsp3) is 0.0909. The van der Waals surface area contributed by atoms with Crippen molar-refractivity contribution in [2.75, 3.05) is 16.4 Å². The molecule has 0 aliphatic carbocycles. The third kappa shape index (κ3) is 4.03. The van der Waals surface area contributed by atoms with Gasteiger partial charge in [0.05, 0.1) is 4.92 Å². The summed E-state index contributed by atoms with van der Waals surface area (Å²) >= 11 is 1.32. The number of aryl methyl sites for hydroxylation is 2. The van der Waals surface area contributed by atoms with Crippen molar-refractivity contribution in [3.05, 3.63) is 75.3 Å². The standard InChI is InChI=1S/C22H19N5O3S/c1-12-4-3-5-16(10-12)26-22(28)25-15-8-6-14(7-9-15)18-13(2)31-20-17(27(29)30)11-24-21(23)19(18)20/h3-11H,1-2H3,(H2,23,24)(H2,25,26,28). The molecular weight excluding hydrogens is 414 g/mol. The number of urea groups is 1. The van der Waals surface area contributed by atoms with E-state index in [-0.39, 0.29) is 17.5 Å². The highest BCUT2D eigenvalue weighted by atomic mass is 32.1. The van der Waals surface area contributed by atoms with Gasteiger partial charge >= 0.3 is 11.7 Å². The highest BCUT2D eigenvalue weighted by molar-refractivity contribution is 7.20. The minimum absolute atomic E-state index is 0.0605. The Kier molecular flexibility index (Phi) is 5.26. The summed E-state index contributed by atoms with van der Waals surface area (Å²) in [5.41, 5.74) is 10.0. The number of nitro groups is 1. The van der Waals surface area contributed by atoms with Crippen LogP contribution in [0.25, 0.3) is 21.2 Å². The number of aromatic nitrogens is 1. The van der Waals surface area contributed by atoms with E-state index >= 15 is 0 Å². The van der Waals surface area contributed by atoms with E-state index in [1.165, 1.54) is 17.5 Å². The number of anilines is 3. The number of nitrogens with one attached hydrogen (secondary N) is 2. The molecule has 4 aromatic rings. The molecule has 0 saturated carbocycles. The molecule has 0 radical (unpaired) electrons. The quantitative estimate of drug-likeness (QED) is 0.281. The maximum atomic E-state index is 12.3. The van der Waals surface area contributed by atoms with Gasteiger partial charge in [0.2, 0.25) is 0 Å². The van der Waals surface area contributed by atoms with Crippen molar-refractivity contribution >= 4 is 50.3 Å². The second kappa shape index (κ2) is 8.04. The number of pyridine rings is 1. The summed E-state index contributed by atoms with van der Waals surface area (Å²) in [6.07, 6.45) is 1.19. The molecule has 2 aromatic heterocycles. The van der Waals surface area contributed by atoms with Gasteiger partial charge in [0.15, 0.2) is 0 Å². The molecule has 0 aliphatic heterocycles. The van der Waals surface area contributed by atoms with Crippen molar-refractivity contribution in [1.82, 2.24) is 4.98 Å². The van der Waals surface area contributed by atoms with Gasteiger partial charge in [-0.15, -0.1) is 11.3 Å². The highest BCUT2D eigenvalue weighted by Crippen LogP contribution is 2.44. The summed E-state index contributed by atoms with van der Waals surface area (Å²) in [5.74, 6) is 0.250. The van der Waals surface area contributed by atoms with Gasteiger partial charge < -0.3 is 16.4 Å². The van der Waals surface area contributed by atoms with Crippen molar-refractivity contribution in [2.45, 2.75) is 13.8 Å². The van der Waals surface area contributed by atoms with Crippen LogP contribution in [-0.2, 0) is 0 Å². The van der Waals surface area contributed by atoms with Crippen molar-refractivity contribution in [3.63, 3.8) is 0 Å². The monoisotopic (exact) mass is 433 g/mol. The smallest absolute Gasteiger partial charge is 0.323 e. The minimum atomic E-state index is -0.450. The van der Waals surface area contributed by atoms with E-state index in [0.717, 1.165) is 21.6 Å². The number of fused-ring (bicyclic) bond motifs is 1. The predicted molar refractivity (Wildman–Crippen MR) is 125 cm³/mol. The van der Waals surface area contributed by atoms with Crippen LogP contribution in [0.3, 0.4) is 0 Å². The number of amides is 2. The zero-order chi connectivity index (χ0) is 22.1. The lowest BCUT2D eigenvalue weighted by atomic mass is 10.0. The molecule has 2 heterocycles. The number of hydrogen-bond acceptors (Lipinski definition) is 6. The van der Waals surface area contributed by atoms with E-state index in [1.54, 1.807) is 12.1 Å². The lowest BCUT2D eigenvalue weighted by Crippen LogP contribution is -2.19. The fourth-order valence-corrected chi connectivity index (χ4v) is 4.61. The lowest BCUT2D eigenvalue weighted by molar-refractivity contribution is -0.383. The van der Waals surface area contributed by atoms with Crippen molar-refractivity contribution < 1.29 is 9.72 Å². The van der Waals surface area contributed by atoms with Gasteiger partial charge in [-0.25, -0.2) is 9.78 Å².